The molecule has 0 atom stereocenters. The zero-order chi connectivity index (χ0) is 5.98. The summed E-state index contributed by atoms with van der Waals surface area (Å²) in [4.78, 5) is 0. The van der Waals surface area contributed by atoms with Crippen molar-refractivity contribution in [1.82, 2.24) is 0 Å². The van der Waals surface area contributed by atoms with Crippen molar-refractivity contribution in [3.05, 3.63) is 34.9 Å². The molecular formula is C7H6BrClMg. The van der Waals surface area contributed by atoms with Crippen LogP contribution in [0.5, 0.6) is 0 Å². The van der Waals surface area contributed by atoms with Gasteiger partial charge in [-0.2, -0.15) is 41.4 Å². The van der Waals surface area contributed by atoms with Gasteiger partial charge in [-0.1, -0.05) is 11.9 Å². The first-order chi connectivity index (χ1) is 3.79. The van der Waals surface area contributed by atoms with Gasteiger partial charge < -0.3 is 17.0 Å². The molecule has 0 heterocycles. The van der Waals surface area contributed by atoms with Crippen molar-refractivity contribution in [2.45, 2.75) is 6.92 Å². The van der Waals surface area contributed by atoms with Gasteiger partial charge in [-0.25, -0.2) is 0 Å². The van der Waals surface area contributed by atoms with Crippen molar-refractivity contribution < 1.29 is 17.0 Å². The molecule has 0 amide bonds. The minimum absolute atomic E-state index is 0. The largest absolute Gasteiger partial charge is 2.00 e. The molecule has 0 saturated carbocycles. The van der Waals surface area contributed by atoms with Crippen LogP contribution in [0, 0.1) is 13.0 Å². The van der Waals surface area contributed by atoms with Gasteiger partial charge in [0.05, 0.1) is 0 Å². The fourth-order valence-electron chi connectivity index (χ4n) is 0.554. The Balaban J connectivity index is 0. The predicted octanol–water partition coefficient (Wildman–Crippen LogP) is -0.928. The SMILES string of the molecule is Cc1c[c-]cc(Cl)c1.[Br-].[Mg+2]. The minimum Gasteiger partial charge on any atom is -1.00 e. The Bertz CT molecular complexity index is 173. The van der Waals surface area contributed by atoms with Gasteiger partial charge in [-0.15, -0.1) is 0 Å². The summed E-state index contributed by atoms with van der Waals surface area (Å²) in [5, 5.41) is 0.755. The van der Waals surface area contributed by atoms with Gasteiger partial charge in [0.15, 0.2) is 0 Å². The summed E-state index contributed by atoms with van der Waals surface area (Å²) in [6, 6.07) is 8.44. The maximum absolute atomic E-state index is 5.61. The van der Waals surface area contributed by atoms with E-state index in [-0.39, 0.29) is 40.0 Å². The van der Waals surface area contributed by atoms with Crippen LogP contribution in [0.25, 0.3) is 0 Å². The predicted molar refractivity (Wildman–Crippen MR) is 40.8 cm³/mol. The van der Waals surface area contributed by atoms with E-state index in [1.165, 1.54) is 0 Å². The summed E-state index contributed by atoms with van der Waals surface area (Å²) in [7, 11) is 0. The van der Waals surface area contributed by atoms with Gasteiger partial charge in [0.1, 0.15) is 0 Å². The first-order valence-electron chi connectivity index (χ1n) is 2.42. The van der Waals surface area contributed by atoms with Gasteiger partial charge in [0.25, 0.3) is 0 Å². The van der Waals surface area contributed by atoms with Gasteiger partial charge in [-0.3, -0.25) is 0 Å². The van der Waals surface area contributed by atoms with Crippen molar-refractivity contribution in [2.24, 2.45) is 0 Å². The second-order valence-corrected chi connectivity index (χ2v) is 2.17. The summed E-state index contributed by atoms with van der Waals surface area (Å²) < 4.78 is 0. The summed E-state index contributed by atoms with van der Waals surface area (Å²) in [5.41, 5.74) is 1.15. The quantitative estimate of drug-likeness (QED) is 0.399. The monoisotopic (exact) mass is 228 g/mol. The molecule has 0 N–H and O–H groups in total. The fraction of sp³-hybridized carbons (Fsp3) is 0.143. The third kappa shape index (κ3) is 4.55. The summed E-state index contributed by atoms with van der Waals surface area (Å²) in [5.74, 6) is 0. The zero-order valence-electron chi connectivity index (χ0n) is 5.70. The number of benzene rings is 1. The van der Waals surface area contributed by atoms with Crippen LogP contribution in [-0.2, 0) is 0 Å². The summed E-state index contributed by atoms with van der Waals surface area (Å²) in [6.07, 6.45) is 0. The molecule has 3 heteroatoms. The van der Waals surface area contributed by atoms with E-state index in [9.17, 15) is 0 Å². The molecule has 0 bridgehead atoms. The van der Waals surface area contributed by atoms with E-state index in [2.05, 4.69) is 6.07 Å². The van der Waals surface area contributed by atoms with Gasteiger partial charge in [-0.05, 0) is 0 Å². The van der Waals surface area contributed by atoms with Crippen LogP contribution >= 0.6 is 11.6 Å². The van der Waals surface area contributed by atoms with Crippen molar-refractivity contribution in [1.29, 1.82) is 0 Å². The molecule has 0 aliphatic heterocycles. The maximum Gasteiger partial charge on any atom is 2.00 e. The van der Waals surface area contributed by atoms with E-state index in [0.29, 0.717) is 0 Å². The first-order valence-corrected chi connectivity index (χ1v) is 2.80. The molecule has 0 aromatic heterocycles. The Hall–Kier alpha value is 0.756. The van der Waals surface area contributed by atoms with Gasteiger partial charge >= 0.3 is 23.1 Å². The number of rotatable bonds is 0. The van der Waals surface area contributed by atoms with Crippen LogP contribution in [0.1, 0.15) is 5.56 Å². The second-order valence-electron chi connectivity index (χ2n) is 1.73. The average Bonchev–Trinajstić information content (AvgIpc) is 1.64. The van der Waals surface area contributed by atoms with Crippen molar-refractivity contribution >= 4 is 34.7 Å². The minimum atomic E-state index is 0. The molecule has 1 rings (SSSR count). The van der Waals surface area contributed by atoms with Crippen molar-refractivity contribution in [3.63, 3.8) is 0 Å². The third-order valence-electron chi connectivity index (χ3n) is 0.898. The second kappa shape index (κ2) is 6.47. The van der Waals surface area contributed by atoms with E-state index in [1.807, 2.05) is 19.1 Å². The van der Waals surface area contributed by atoms with Crippen LogP contribution < -0.4 is 17.0 Å². The third-order valence-corrected chi connectivity index (χ3v) is 1.12. The number of hydrogen-bond acceptors (Lipinski definition) is 0. The molecule has 0 aliphatic rings. The first kappa shape index (κ1) is 13.4. The van der Waals surface area contributed by atoms with E-state index in [1.54, 1.807) is 6.07 Å². The smallest absolute Gasteiger partial charge is 1.00 e. The molecule has 0 nitrogen and oxygen atoms in total. The number of halogens is 2. The summed E-state index contributed by atoms with van der Waals surface area (Å²) in [6.45, 7) is 1.99. The topological polar surface area (TPSA) is 0 Å². The normalized spacial score (nSPS) is 7.40. The molecule has 1 aromatic rings. The Morgan fingerprint density at radius 1 is 1.40 bits per heavy atom. The Labute approximate surface area is 92.9 Å². The number of hydrogen-bond donors (Lipinski definition) is 0. The van der Waals surface area contributed by atoms with Gasteiger partial charge in [0, 0.05) is 0 Å². The van der Waals surface area contributed by atoms with E-state index in [0.717, 1.165) is 10.6 Å². The Kier molecular flexibility index (Phi) is 8.63. The van der Waals surface area contributed by atoms with Crippen LogP contribution in [0.4, 0.5) is 0 Å². The Morgan fingerprint density at radius 2 is 2.00 bits per heavy atom. The van der Waals surface area contributed by atoms with E-state index < -0.39 is 0 Å². The standard InChI is InChI=1S/C7H6Cl.BrH.Mg/c1-6-3-2-4-7(8)5-6;;/h3-5H,1H3;1H;/q-1;;+2/p-1. The Morgan fingerprint density at radius 3 is 2.30 bits per heavy atom. The van der Waals surface area contributed by atoms with Crippen LogP contribution in [-0.4, -0.2) is 23.1 Å². The molecule has 0 fully saturated rings. The molecule has 0 spiro atoms. The molecule has 0 saturated heterocycles. The summed E-state index contributed by atoms with van der Waals surface area (Å²) >= 11 is 5.61. The van der Waals surface area contributed by atoms with Crippen molar-refractivity contribution in [2.75, 3.05) is 0 Å². The van der Waals surface area contributed by atoms with Crippen LogP contribution in [0.3, 0.4) is 0 Å². The number of aryl methyl sites for hydroxylation is 1. The fourth-order valence-corrected chi connectivity index (χ4v) is 0.789. The molecule has 0 unspecified atom stereocenters. The molecule has 0 aliphatic carbocycles. The zero-order valence-corrected chi connectivity index (χ0v) is 9.45. The van der Waals surface area contributed by atoms with E-state index >= 15 is 0 Å². The molecule has 1 aromatic carbocycles. The molecular weight excluding hydrogens is 224 g/mol. The van der Waals surface area contributed by atoms with Crippen LogP contribution in [0.15, 0.2) is 18.2 Å². The average molecular weight is 230 g/mol. The molecule has 10 heavy (non-hydrogen) atoms. The van der Waals surface area contributed by atoms with Crippen LogP contribution in [0.2, 0.25) is 5.02 Å². The van der Waals surface area contributed by atoms with Crippen molar-refractivity contribution in [3.8, 4) is 0 Å². The maximum atomic E-state index is 5.61. The van der Waals surface area contributed by atoms with Gasteiger partial charge in [0.2, 0.25) is 0 Å². The van der Waals surface area contributed by atoms with E-state index in [4.69, 9.17) is 11.6 Å². The molecule has 50 valence electrons. The molecule has 0 radical (unpaired) electrons.